The molecule has 0 unspecified atom stereocenters. The van der Waals surface area contributed by atoms with Crippen molar-refractivity contribution in [2.45, 2.75) is 19.4 Å². The van der Waals surface area contributed by atoms with E-state index in [1.807, 2.05) is 0 Å². The van der Waals surface area contributed by atoms with Crippen LogP contribution in [-0.2, 0) is 9.53 Å². The summed E-state index contributed by atoms with van der Waals surface area (Å²) in [5.41, 5.74) is -0.238. The minimum absolute atomic E-state index is 0.143. The van der Waals surface area contributed by atoms with Gasteiger partial charge in [0.15, 0.2) is 11.3 Å². The number of carbonyl (C=O) groups excluding carboxylic acids is 2. The van der Waals surface area contributed by atoms with Crippen molar-refractivity contribution in [1.82, 2.24) is 5.32 Å². The summed E-state index contributed by atoms with van der Waals surface area (Å²) >= 11 is 6.25. The van der Waals surface area contributed by atoms with E-state index in [1.54, 1.807) is 49.4 Å². The fourth-order valence-corrected chi connectivity index (χ4v) is 3.32. The molecule has 1 atom stereocenters. The maximum Gasteiger partial charge on any atom is 0.349 e. The molecule has 0 aliphatic rings. The van der Waals surface area contributed by atoms with E-state index < -0.39 is 23.5 Å². The van der Waals surface area contributed by atoms with E-state index >= 15 is 0 Å². The number of amides is 1. The van der Waals surface area contributed by atoms with Gasteiger partial charge in [-0.2, -0.15) is 0 Å². The van der Waals surface area contributed by atoms with E-state index in [9.17, 15) is 14.4 Å². The van der Waals surface area contributed by atoms with Crippen molar-refractivity contribution in [1.29, 1.82) is 0 Å². The zero-order valence-electron chi connectivity index (χ0n) is 16.4. The number of nitrogens with one attached hydrogen (secondary N) is 1. The summed E-state index contributed by atoms with van der Waals surface area (Å²) in [6.07, 6.45) is -0.143. The van der Waals surface area contributed by atoms with E-state index in [4.69, 9.17) is 25.5 Å². The van der Waals surface area contributed by atoms with Crippen molar-refractivity contribution in [3.63, 3.8) is 0 Å². The molecule has 1 heterocycles. The zero-order valence-corrected chi connectivity index (χ0v) is 17.2. The number of halogens is 1. The van der Waals surface area contributed by atoms with Crippen molar-refractivity contribution in [2.75, 3.05) is 13.7 Å². The molecule has 0 saturated heterocycles. The Kier molecular flexibility index (Phi) is 6.74. The van der Waals surface area contributed by atoms with Gasteiger partial charge in [-0.05, 0) is 30.7 Å². The van der Waals surface area contributed by atoms with Crippen molar-refractivity contribution >= 4 is 34.4 Å². The van der Waals surface area contributed by atoms with Crippen LogP contribution in [-0.4, -0.2) is 25.6 Å². The first kappa shape index (κ1) is 21.4. The van der Waals surface area contributed by atoms with Gasteiger partial charge in [0, 0.05) is 10.4 Å². The van der Waals surface area contributed by atoms with E-state index in [2.05, 4.69) is 5.32 Å². The maximum absolute atomic E-state index is 12.9. The second-order valence-electron chi connectivity index (χ2n) is 6.38. The number of para-hydroxylation sites is 1. The number of hydrogen-bond acceptors (Lipinski definition) is 6. The molecular weight excluding hydrogens is 410 g/mol. The Labute approximate surface area is 177 Å². The van der Waals surface area contributed by atoms with Gasteiger partial charge in [0.1, 0.15) is 5.56 Å². The highest BCUT2D eigenvalue weighted by Gasteiger charge is 2.24. The molecule has 156 valence electrons. The molecular formula is C22H20ClNO6. The molecule has 0 fully saturated rings. The highest BCUT2D eigenvalue weighted by atomic mass is 35.5. The van der Waals surface area contributed by atoms with Gasteiger partial charge in [-0.1, -0.05) is 41.9 Å². The minimum Gasteiger partial charge on any atom is -0.493 e. The molecule has 30 heavy (non-hydrogen) atoms. The first-order valence-corrected chi connectivity index (χ1v) is 9.64. The number of benzene rings is 2. The zero-order chi connectivity index (χ0) is 21.7. The lowest BCUT2D eigenvalue weighted by molar-refractivity contribution is -0.143. The molecule has 3 rings (SSSR count). The highest BCUT2D eigenvalue weighted by molar-refractivity contribution is 6.31. The molecule has 0 saturated carbocycles. The molecule has 8 heteroatoms. The third kappa shape index (κ3) is 4.63. The number of hydrogen-bond donors (Lipinski definition) is 1. The molecule has 2 aromatic carbocycles. The Morgan fingerprint density at radius 3 is 2.63 bits per heavy atom. The van der Waals surface area contributed by atoms with E-state index in [-0.39, 0.29) is 24.2 Å². The topological polar surface area (TPSA) is 94.8 Å². The van der Waals surface area contributed by atoms with Gasteiger partial charge in [0.05, 0.1) is 26.2 Å². The lowest BCUT2D eigenvalue weighted by atomic mass is 10.0. The van der Waals surface area contributed by atoms with Gasteiger partial charge in [-0.3, -0.25) is 9.59 Å². The van der Waals surface area contributed by atoms with Crippen molar-refractivity contribution in [3.8, 4) is 5.75 Å². The van der Waals surface area contributed by atoms with Crippen LogP contribution in [0.5, 0.6) is 5.75 Å². The molecule has 0 aliphatic heterocycles. The van der Waals surface area contributed by atoms with Crippen LogP contribution >= 0.6 is 11.6 Å². The first-order chi connectivity index (χ1) is 14.4. The monoisotopic (exact) mass is 429 g/mol. The number of ether oxygens (including phenoxy) is 2. The summed E-state index contributed by atoms with van der Waals surface area (Å²) in [6.45, 7) is 1.90. The molecule has 1 N–H and O–H groups in total. The summed E-state index contributed by atoms with van der Waals surface area (Å²) in [5, 5.41) is 3.60. The first-order valence-electron chi connectivity index (χ1n) is 9.26. The van der Waals surface area contributed by atoms with Crippen LogP contribution in [0.15, 0.2) is 57.7 Å². The van der Waals surface area contributed by atoms with Gasteiger partial charge in [-0.25, -0.2) is 4.79 Å². The fourth-order valence-electron chi connectivity index (χ4n) is 3.06. The SMILES string of the molecule is CCOC(=O)C[C@H](NC(=O)c1cc2cccc(OC)c2oc1=O)c1ccccc1Cl. The number of fused-ring (bicyclic) bond motifs is 1. The summed E-state index contributed by atoms with van der Waals surface area (Å²) < 4.78 is 15.5. The van der Waals surface area contributed by atoms with Gasteiger partial charge >= 0.3 is 11.6 Å². The standard InChI is InChI=1S/C22H20ClNO6/c1-3-29-19(25)12-17(14-8-4-5-9-16(14)23)24-21(26)15-11-13-7-6-10-18(28-2)20(13)30-22(15)27/h4-11,17H,3,12H2,1-2H3,(H,24,26)/t17-/m0/s1. The quantitative estimate of drug-likeness (QED) is 0.452. The van der Waals surface area contributed by atoms with E-state index in [1.165, 1.54) is 13.2 Å². The minimum atomic E-state index is -0.821. The maximum atomic E-state index is 12.9. The average Bonchev–Trinajstić information content (AvgIpc) is 2.72. The Hall–Kier alpha value is -3.32. The Morgan fingerprint density at radius 1 is 1.17 bits per heavy atom. The van der Waals surface area contributed by atoms with E-state index in [0.29, 0.717) is 21.7 Å². The molecule has 7 nitrogen and oxygen atoms in total. The fraction of sp³-hybridized carbons (Fsp3) is 0.227. The van der Waals surface area contributed by atoms with Crippen LogP contribution in [0.3, 0.4) is 0 Å². The third-order valence-corrected chi connectivity index (χ3v) is 4.79. The van der Waals surface area contributed by atoms with Gasteiger partial charge < -0.3 is 19.2 Å². The van der Waals surface area contributed by atoms with Crippen molar-refractivity contribution in [2.24, 2.45) is 0 Å². The van der Waals surface area contributed by atoms with Crippen LogP contribution in [0.2, 0.25) is 5.02 Å². The van der Waals surface area contributed by atoms with Crippen molar-refractivity contribution in [3.05, 3.63) is 75.1 Å². The molecule has 0 aliphatic carbocycles. The molecule has 0 radical (unpaired) electrons. The Morgan fingerprint density at radius 2 is 1.93 bits per heavy atom. The number of esters is 1. The third-order valence-electron chi connectivity index (χ3n) is 4.45. The molecule has 1 aromatic heterocycles. The van der Waals surface area contributed by atoms with Crippen LogP contribution in [0.1, 0.15) is 35.3 Å². The lowest BCUT2D eigenvalue weighted by Crippen LogP contribution is -2.33. The van der Waals surface area contributed by atoms with Crippen LogP contribution in [0, 0.1) is 0 Å². The number of methoxy groups -OCH3 is 1. The van der Waals surface area contributed by atoms with Gasteiger partial charge in [0.2, 0.25) is 0 Å². The molecule has 3 aromatic rings. The summed E-state index contributed by atoms with van der Waals surface area (Å²) in [4.78, 5) is 37.4. The second kappa shape index (κ2) is 9.45. The Bertz CT molecular complexity index is 1140. The summed E-state index contributed by atoms with van der Waals surface area (Å²) in [6, 6.07) is 12.5. The Balaban J connectivity index is 1.95. The van der Waals surface area contributed by atoms with Crippen LogP contribution in [0.4, 0.5) is 0 Å². The van der Waals surface area contributed by atoms with Crippen LogP contribution in [0.25, 0.3) is 11.0 Å². The van der Waals surface area contributed by atoms with Gasteiger partial charge in [0.25, 0.3) is 5.91 Å². The van der Waals surface area contributed by atoms with Crippen LogP contribution < -0.4 is 15.7 Å². The van der Waals surface area contributed by atoms with Crippen molar-refractivity contribution < 1.29 is 23.5 Å². The summed E-state index contributed by atoms with van der Waals surface area (Å²) in [5.74, 6) is -0.812. The second-order valence-corrected chi connectivity index (χ2v) is 6.79. The smallest absolute Gasteiger partial charge is 0.349 e. The normalized spacial score (nSPS) is 11.7. The average molecular weight is 430 g/mol. The highest BCUT2D eigenvalue weighted by Crippen LogP contribution is 2.27. The molecule has 0 spiro atoms. The number of rotatable bonds is 7. The lowest BCUT2D eigenvalue weighted by Gasteiger charge is -2.19. The summed E-state index contributed by atoms with van der Waals surface area (Å²) in [7, 11) is 1.46. The predicted octanol–water partition coefficient (Wildman–Crippen LogP) is 3.88. The molecule has 1 amide bonds. The molecule has 0 bridgehead atoms. The largest absolute Gasteiger partial charge is 0.493 e. The predicted molar refractivity (Wildman–Crippen MR) is 112 cm³/mol. The number of carbonyl (C=O) groups is 2. The van der Waals surface area contributed by atoms with E-state index in [0.717, 1.165) is 0 Å². The van der Waals surface area contributed by atoms with Gasteiger partial charge in [-0.15, -0.1) is 0 Å².